The van der Waals surface area contributed by atoms with E-state index in [4.69, 9.17) is 0 Å². The molecule has 210 valence electrons. The highest BCUT2D eigenvalue weighted by molar-refractivity contribution is 7.92. The molecule has 40 heavy (non-hydrogen) atoms. The molecule has 0 aliphatic rings. The average molecular weight is 566 g/mol. The molecule has 0 saturated heterocycles. The van der Waals surface area contributed by atoms with Crippen molar-refractivity contribution in [2.75, 3.05) is 11.3 Å². The second-order valence-corrected chi connectivity index (χ2v) is 11.7. The normalized spacial score (nSPS) is 12.7. The van der Waals surface area contributed by atoms with Gasteiger partial charge in [-0.05, 0) is 62.2 Å². The van der Waals surface area contributed by atoms with Crippen molar-refractivity contribution >= 4 is 21.4 Å². The molecule has 0 amide bonds. The first-order chi connectivity index (χ1) is 18.9. The zero-order chi connectivity index (χ0) is 28.9. The van der Waals surface area contributed by atoms with E-state index in [9.17, 15) is 28.4 Å². The molecule has 0 aliphatic heterocycles. The monoisotopic (exact) mass is 565 g/mol. The quantitative estimate of drug-likeness (QED) is 0.175. The Hall–Kier alpha value is -4.26. The van der Waals surface area contributed by atoms with Gasteiger partial charge in [-0.2, -0.15) is 0 Å². The number of hydrogen-bond donors (Lipinski definition) is 3. The van der Waals surface area contributed by atoms with Gasteiger partial charge in [0.1, 0.15) is 0 Å². The first-order valence-corrected chi connectivity index (χ1v) is 14.1. The predicted octanol–water partition coefficient (Wildman–Crippen LogP) is 3.84. The summed E-state index contributed by atoms with van der Waals surface area (Å²) in [5.41, 5.74) is 0.668. The van der Waals surface area contributed by atoms with Crippen molar-refractivity contribution in [1.29, 1.82) is 0 Å². The number of β-amino-alcohol motifs (C(OH)–C–C–N with tert-alkyl or cyclic N) is 1. The van der Waals surface area contributed by atoms with Crippen LogP contribution in [0.4, 0.5) is 11.4 Å². The Kier molecular flexibility index (Phi) is 8.52. The minimum atomic E-state index is -3.75. The van der Waals surface area contributed by atoms with Crippen molar-refractivity contribution in [2.45, 2.75) is 43.4 Å². The third-order valence-corrected chi connectivity index (χ3v) is 7.91. The Morgan fingerprint density at radius 1 is 1.00 bits per heavy atom. The molecule has 1 atom stereocenters. The Morgan fingerprint density at radius 2 is 1.70 bits per heavy atom. The summed E-state index contributed by atoms with van der Waals surface area (Å²) in [4.78, 5) is 23.4. The van der Waals surface area contributed by atoms with E-state index < -0.39 is 26.6 Å². The van der Waals surface area contributed by atoms with Crippen LogP contribution in [0.15, 0.2) is 101 Å². The van der Waals surface area contributed by atoms with E-state index in [0.717, 1.165) is 0 Å². The molecule has 0 radical (unpaired) electrons. The molecule has 0 fully saturated rings. The number of nitrogens with one attached hydrogen (secondary N) is 2. The van der Waals surface area contributed by atoms with E-state index in [1.54, 1.807) is 59.4 Å². The molecule has 1 aromatic heterocycles. The van der Waals surface area contributed by atoms with Gasteiger partial charge in [0, 0.05) is 48.8 Å². The maximum Gasteiger partial charge on any atom is 0.332 e. The predicted molar refractivity (Wildman–Crippen MR) is 152 cm³/mol. The van der Waals surface area contributed by atoms with Crippen LogP contribution in [0.2, 0.25) is 0 Å². The van der Waals surface area contributed by atoms with Gasteiger partial charge < -0.3 is 10.4 Å². The largest absolute Gasteiger partial charge is 0.387 e. The molecule has 0 saturated carbocycles. The first kappa shape index (κ1) is 28.7. The highest BCUT2D eigenvalue weighted by atomic mass is 32.2. The summed E-state index contributed by atoms with van der Waals surface area (Å²) in [5, 5.41) is 25.0. The fourth-order valence-corrected chi connectivity index (χ4v) is 5.19. The lowest BCUT2D eigenvalue weighted by Crippen LogP contribution is -2.43. The number of non-ortho nitro benzene ring substituents is 1. The van der Waals surface area contributed by atoms with E-state index in [1.165, 1.54) is 41.0 Å². The topological polar surface area (TPSA) is 148 Å². The third kappa shape index (κ3) is 7.03. The SMILES string of the molecule is CC(C)(CCn1ccn(-c2ccc([N+](=O)[O-])cc2)c1=O)NCC(O)c1cccc(NS(=O)(=O)c2ccccc2)c1. The van der Waals surface area contributed by atoms with Gasteiger partial charge in [-0.1, -0.05) is 30.3 Å². The van der Waals surface area contributed by atoms with Crippen LogP contribution in [0, 0.1) is 10.1 Å². The highest BCUT2D eigenvalue weighted by Crippen LogP contribution is 2.22. The molecule has 1 heterocycles. The standard InChI is InChI=1S/C28H31N5O6S/c1-28(2,15-16-31-17-18-32(27(31)35)23-11-13-24(14-12-23)33(36)37)29-20-26(34)21-7-6-8-22(19-21)30-40(38,39)25-9-4-3-5-10-25/h3-14,17-19,26,29-30,34H,15-16,20H2,1-2H3. The molecule has 4 rings (SSSR count). The second-order valence-electron chi connectivity index (χ2n) is 9.99. The first-order valence-electron chi connectivity index (χ1n) is 12.6. The smallest absolute Gasteiger partial charge is 0.332 e. The molecule has 0 aliphatic carbocycles. The van der Waals surface area contributed by atoms with Gasteiger partial charge in [-0.15, -0.1) is 0 Å². The number of imidazole rings is 1. The van der Waals surface area contributed by atoms with Crippen LogP contribution in [0.3, 0.4) is 0 Å². The Morgan fingerprint density at radius 3 is 2.38 bits per heavy atom. The van der Waals surface area contributed by atoms with Crippen LogP contribution in [-0.2, 0) is 16.6 Å². The summed E-state index contributed by atoms with van der Waals surface area (Å²) in [6, 6.07) is 20.4. The molecule has 12 heteroatoms. The van der Waals surface area contributed by atoms with Gasteiger partial charge in [-0.3, -0.25) is 24.0 Å². The van der Waals surface area contributed by atoms with Crippen LogP contribution in [0.5, 0.6) is 0 Å². The molecule has 4 aromatic rings. The number of anilines is 1. The van der Waals surface area contributed by atoms with Crippen molar-refractivity contribution in [3.05, 3.63) is 117 Å². The van der Waals surface area contributed by atoms with E-state index in [2.05, 4.69) is 10.0 Å². The molecule has 1 unspecified atom stereocenters. The number of benzene rings is 3. The maximum absolute atomic E-state index is 12.9. The van der Waals surface area contributed by atoms with Gasteiger partial charge in [0.25, 0.3) is 15.7 Å². The van der Waals surface area contributed by atoms with Crippen molar-refractivity contribution in [1.82, 2.24) is 14.5 Å². The molecule has 0 bridgehead atoms. The summed E-state index contributed by atoms with van der Waals surface area (Å²) in [6.07, 6.45) is 2.95. The Bertz CT molecular complexity index is 1630. The van der Waals surface area contributed by atoms with Crippen LogP contribution < -0.4 is 15.7 Å². The van der Waals surface area contributed by atoms with Gasteiger partial charge >= 0.3 is 5.69 Å². The minimum absolute atomic E-state index is 0.0496. The molecule has 0 spiro atoms. The minimum Gasteiger partial charge on any atom is -0.387 e. The zero-order valence-electron chi connectivity index (χ0n) is 22.1. The van der Waals surface area contributed by atoms with Gasteiger partial charge in [0.15, 0.2) is 0 Å². The summed E-state index contributed by atoms with van der Waals surface area (Å²) in [7, 11) is -3.75. The fraction of sp³-hybridized carbons (Fsp3) is 0.250. The van der Waals surface area contributed by atoms with Crippen molar-refractivity contribution in [3.8, 4) is 5.69 Å². The van der Waals surface area contributed by atoms with E-state index in [1.807, 2.05) is 13.8 Å². The van der Waals surface area contributed by atoms with Crippen molar-refractivity contribution in [3.63, 3.8) is 0 Å². The lowest BCUT2D eigenvalue weighted by molar-refractivity contribution is -0.384. The lowest BCUT2D eigenvalue weighted by Gasteiger charge is -2.28. The van der Waals surface area contributed by atoms with Crippen molar-refractivity contribution in [2.24, 2.45) is 0 Å². The van der Waals surface area contributed by atoms with E-state index in [0.29, 0.717) is 29.9 Å². The number of rotatable bonds is 12. The molecule has 11 nitrogen and oxygen atoms in total. The number of hydrogen-bond acceptors (Lipinski definition) is 7. The van der Waals surface area contributed by atoms with Crippen LogP contribution >= 0.6 is 0 Å². The number of aromatic nitrogens is 2. The molecule has 3 N–H and O–H groups in total. The number of aryl methyl sites for hydroxylation is 1. The Labute approximate surface area is 231 Å². The third-order valence-electron chi connectivity index (χ3n) is 6.51. The van der Waals surface area contributed by atoms with Crippen LogP contribution in [0.1, 0.15) is 31.9 Å². The lowest BCUT2D eigenvalue weighted by atomic mass is 9.99. The molecular weight excluding hydrogens is 534 g/mol. The summed E-state index contributed by atoms with van der Waals surface area (Å²) >= 11 is 0. The van der Waals surface area contributed by atoms with Crippen LogP contribution in [-0.4, -0.2) is 39.7 Å². The van der Waals surface area contributed by atoms with Crippen LogP contribution in [0.25, 0.3) is 5.69 Å². The fourth-order valence-electron chi connectivity index (χ4n) is 4.12. The average Bonchev–Trinajstić information content (AvgIpc) is 3.31. The number of aliphatic hydroxyl groups excluding tert-OH is 1. The number of nitro groups is 1. The number of sulfonamides is 1. The number of nitrogens with zero attached hydrogens (tertiary/aromatic N) is 3. The highest BCUT2D eigenvalue weighted by Gasteiger charge is 2.21. The number of nitro benzene ring substituents is 1. The van der Waals surface area contributed by atoms with Gasteiger partial charge in [0.2, 0.25) is 0 Å². The van der Waals surface area contributed by atoms with Crippen molar-refractivity contribution < 1.29 is 18.4 Å². The van der Waals surface area contributed by atoms with Gasteiger partial charge in [0.05, 0.1) is 21.6 Å². The van der Waals surface area contributed by atoms with E-state index >= 15 is 0 Å². The summed E-state index contributed by atoms with van der Waals surface area (Å²) in [5.74, 6) is 0. The number of aliphatic hydroxyl groups is 1. The Balaban J connectivity index is 1.34. The maximum atomic E-state index is 12.9. The molecule has 3 aromatic carbocycles. The van der Waals surface area contributed by atoms with E-state index in [-0.39, 0.29) is 22.8 Å². The second kappa shape index (κ2) is 11.9. The summed E-state index contributed by atoms with van der Waals surface area (Å²) in [6.45, 7) is 4.54. The summed E-state index contributed by atoms with van der Waals surface area (Å²) < 4.78 is 30.8. The zero-order valence-corrected chi connectivity index (χ0v) is 22.9. The molecular formula is C28H31N5O6S. The van der Waals surface area contributed by atoms with Gasteiger partial charge in [-0.25, -0.2) is 13.2 Å².